The van der Waals surface area contributed by atoms with Crippen molar-refractivity contribution < 1.29 is 14.3 Å². The number of hydrogen-bond acceptors (Lipinski definition) is 5. The number of aromatic nitrogens is 3. The van der Waals surface area contributed by atoms with Gasteiger partial charge in [-0.25, -0.2) is 4.98 Å². The zero-order chi connectivity index (χ0) is 19.2. The number of hydrogen-bond donors (Lipinski definition) is 2. The summed E-state index contributed by atoms with van der Waals surface area (Å²) in [7, 11) is 1.77. The van der Waals surface area contributed by atoms with E-state index in [0.717, 1.165) is 31.4 Å². The largest absolute Gasteiger partial charge is 0.474 e. The van der Waals surface area contributed by atoms with Crippen molar-refractivity contribution in [1.82, 2.24) is 20.1 Å². The molecule has 8 heteroatoms. The first-order valence-corrected chi connectivity index (χ1v) is 9.08. The molecule has 142 valence electrons. The highest BCUT2D eigenvalue weighted by atomic mass is 16.5. The number of amides is 2. The summed E-state index contributed by atoms with van der Waals surface area (Å²) in [4.78, 5) is 27.9. The van der Waals surface area contributed by atoms with Crippen LogP contribution in [0.1, 0.15) is 52.2 Å². The molecule has 0 aliphatic heterocycles. The van der Waals surface area contributed by atoms with Gasteiger partial charge in [0.05, 0.1) is 5.69 Å². The van der Waals surface area contributed by atoms with Crippen molar-refractivity contribution in [3.63, 3.8) is 0 Å². The van der Waals surface area contributed by atoms with Crippen LogP contribution in [-0.4, -0.2) is 38.7 Å². The maximum Gasteiger partial charge on any atom is 0.269 e. The summed E-state index contributed by atoms with van der Waals surface area (Å²) in [5.41, 5.74) is 7.31. The van der Waals surface area contributed by atoms with Crippen LogP contribution < -0.4 is 15.8 Å². The van der Waals surface area contributed by atoms with E-state index in [1.54, 1.807) is 36.1 Å². The molecule has 2 aromatic rings. The van der Waals surface area contributed by atoms with Crippen LogP contribution in [0.5, 0.6) is 5.88 Å². The minimum absolute atomic E-state index is 0.0365. The number of nitrogens with two attached hydrogens (primary N) is 1. The number of carbonyl (C=O) groups is 2. The number of primary amides is 1. The Labute approximate surface area is 157 Å². The van der Waals surface area contributed by atoms with Crippen LogP contribution in [0.15, 0.2) is 24.4 Å². The van der Waals surface area contributed by atoms with Gasteiger partial charge in [-0.1, -0.05) is 0 Å². The Hall–Kier alpha value is -2.90. The van der Waals surface area contributed by atoms with Crippen molar-refractivity contribution in [3.8, 4) is 5.88 Å². The van der Waals surface area contributed by atoms with Gasteiger partial charge in [0.15, 0.2) is 0 Å². The average molecular weight is 369 g/mol. The van der Waals surface area contributed by atoms with Crippen molar-refractivity contribution >= 4 is 11.8 Å². The SMILES string of the molecule is Cc1cc(C(=O)NC2CC3(C2)CC(Oc2ncccc2C(N)=O)C3)n(C)n1. The van der Waals surface area contributed by atoms with Gasteiger partial charge >= 0.3 is 0 Å². The molecule has 2 aliphatic carbocycles. The maximum atomic E-state index is 12.4. The molecule has 0 saturated heterocycles. The normalized spacial score (nSPS) is 26.1. The molecule has 0 aromatic carbocycles. The number of carbonyl (C=O) groups excluding carboxylic acids is 2. The smallest absolute Gasteiger partial charge is 0.269 e. The van der Waals surface area contributed by atoms with Gasteiger partial charge in [-0.15, -0.1) is 0 Å². The molecular weight excluding hydrogens is 346 g/mol. The van der Waals surface area contributed by atoms with Crippen LogP contribution in [0.3, 0.4) is 0 Å². The summed E-state index contributed by atoms with van der Waals surface area (Å²) in [5, 5.41) is 7.29. The van der Waals surface area contributed by atoms with Gasteiger partial charge in [0, 0.05) is 19.3 Å². The summed E-state index contributed by atoms with van der Waals surface area (Å²) in [6.45, 7) is 1.87. The monoisotopic (exact) mass is 369 g/mol. The first-order valence-electron chi connectivity index (χ1n) is 9.08. The van der Waals surface area contributed by atoms with Crippen molar-refractivity contribution in [3.05, 3.63) is 41.3 Å². The second-order valence-electron chi connectivity index (χ2n) is 7.74. The Bertz CT molecular complexity index is 893. The second-order valence-corrected chi connectivity index (χ2v) is 7.74. The highest BCUT2D eigenvalue weighted by Gasteiger charge is 2.54. The van der Waals surface area contributed by atoms with Crippen LogP contribution in [0.25, 0.3) is 0 Å². The van der Waals surface area contributed by atoms with Crippen LogP contribution in [-0.2, 0) is 7.05 Å². The van der Waals surface area contributed by atoms with Gasteiger partial charge in [0.2, 0.25) is 5.88 Å². The number of nitrogens with zero attached hydrogens (tertiary/aromatic N) is 3. The van der Waals surface area contributed by atoms with E-state index < -0.39 is 5.91 Å². The van der Waals surface area contributed by atoms with Crippen LogP contribution in [0.2, 0.25) is 0 Å². The Kier molecular flexibility index (Phi) is 4.13. The first kappa shape index (κ1) is 17.5. The third-order valence-electron chi connectivity index (χ3n) is 5.56. The predicted molar refractivity (Wildman–Crippen MR) is 97.3 cm³/mol. The molecule has 0 radical (unpaired) electrons. The lowest BCUT2D eigenvalue weighted by molar-refractivity contribution is -0.0848. The van der Waals surface area contributed by atoms with Gasteiger partial charge in [-0.3, -0.25) is 14.3 Å². The van der Waals surface area contributed by atoms with E-state index in [4.69, 9.17) is 10.5 Å². The van der Waals surface area contributed by atoms with Gasteiger partial charge in [0.1, 0.15) is 17.4 Å². The molecule has 1 spiro atoms. The van der Waals surface area contributed by atoms with E-state index >= 15 is 0 Å². The van der Waals surface area contributed by atoms with Gasteiger partial charge in [-0.2, -0.15) is 5.10 Å². The first-order chi connectivity index (χ1) is 12.8. The van der Waals surface area contributed by atoms with E-state index in [0.29, 0.717) is 17.1 Å². The summed E-state index contributed by atoms with van der Waals surface area (Å²) in [5.74, 6) is -0.311. The second kappa shape index (κ2) is 6.37. The molecule has 3 N–H and O–H groups in total. The summed E-state index contributed by atoms with van der Waals surface area (Å²) < 4.78 is 7.47. The van der Waals surface area contributed by atoms with Crippen molar-refractivity contribution in [2.75, 3.05) is 0 Å². The third kappa shape index (κ3) is 3.27. The molecule has 2 fully saturated rings. The minimum atomic E-state index is -0.538. The highest BCUT2D eigenvalue weighted by molar-refractivity contribution is 5.95. The standard InChI is InChI=1S/C19H23N5O3/c1-11-6-15(24(2)23-11)17(26)22-12-7-19(8-12)9-13(10-19)27-18-14(16(20)25)4-3-5-21-18/h3-6,12-13H,7-10H2,1-2H3,(H2,20,25)(H,22,26). The molecule has 8 nitrogen and oxygen atoms in total. The zero-order valence-corrected chi connectivity index (χ0v) is 15.4. The number of nitrogens with one attached hydrogen (secondary N) is 1. The number of pyridine rings is 1. The molecule has 2 saturated carbocycles. The maximum absolute atomic E-state index is 12.4. The Morgan fingerprint density at radius 3 is 2.70 bits per heavy atom. The fraction of sp³-hybridized carbons (Fsp3) is 0.474. The van der Waals surface area contributed by atoms with Gasteiger partial charge in [-0.05, 0) is 56.2 Å². The molecule has 2 aliphatic rings. The van der Waals surface area contributed by atoms with E-state index in [1.807, 2.05) is 6.92 Å². The Morgan fingerprint density at radius 1 is 1.33 bits per heavy atom. The number of ether oxygens (including phenoxy) is 1. The molecular formula is C19H23N5O3. The number of rotatable bonds is 5. The van der Waals surface area contributed by atoms with Crippen molar-refractivity contribution in [2.45, 2.75) is 44.8 Å². The zero-order valence-electron chi connectivity index (χ0n) is 15.4. The van der Waals surface area contributed by atoms with Crippen LogP contribution in [0, 0.1) is 12.3 Å². The van der Waals surface area contributed by atoms with E-state index in [9.17, 15) is 9.59 Å². The van der Waals surface area contributed by atoms with Gasteiger partial charge in [0.25, 0.3) is 11.8 Å². The predicted octanol–water partition coefficient (Wildman–Crippen LogP) is 1.34. The summed E-state index contributed by atoms with van der Waals surface area (Å²) in [6, 6.07) is 5.26. The molecule has 0 bridgehead atoms. The van der Waals surface area contributed by atoms with Crippen LogP contribution >= 0.6 is 0 Å². The van der Waals surface area contributed by atoms with Crippen molar-refractivity contribution in [1.29, 1.82) is 0 Å². The molecule has 2 heterocycles. The number of aryl methyl sites for hydroxylation is 2. The molecule has 0 atom stereocenters. The van der Waals surface area contributed by atoms with E-state index in [2.05, 4.69) is 15.4 Å². The van der Waals surface area contributed by atoms with E-state index in [1.165, 1.54) is 0 Å². The molecule has 2 aromatic heterocycles. The van der Waals surface area contributed by atoms with Gasteiger partial charge < -0.3 is 15.8 Å². The van der Waals surface area contributed by atoms with Crippen molar-refractivity contribution in [2.24, 2.45) is 18.2 Å². The Morgan fingerprint density at radius 2 is 2.07 bits per heavy atom. The summed E-state index contributed by atoms with van der Waals surface area (Å²) in [6.07, 6.45) is 5.32. The van der Waals surface area contributed by atoms with Crippen LogP contribution in [0.4, 0.5) is 0 Å². The molecule has 27 heavy (non-hydrogen) atoms. The molecule has 0 unspecified atom stereocenters. The highest BCUT2D eigenvalue weighted by Crippen LogP contribution is 2.56. The quantitative estimate of drug-likeness (QED) is 0.826. The average Bonchev–Trinajstić information content (AvgIpc) is 2.89. The fourth-order valence-corrected chi connectivity index (χ4v) is 4.32. The topological polar surface area (TPSA) is 112 Å². The molecule has 4 rings (SSSR count). The molecule has 2 amide bonds. The third-order valence-corrected chi connectivity index (χ3v) is 5.56. The lowest BCUT2D eigenvalue weighted by Gasteiger charge is -2.57. The minimum Gasteiger partial charge on any atom is -0.474 e. The lowest BCUT2D eigenvalue weighted by atomic mass is 9.53. The fourth-order valence-electron chi connectivity index (χ4n) is 4.32. The summed E-state index contributed by atoms with van der Waals surface area (Å²) >= 11 is 0. The lowest BCUT2D eigenvalue weighted by Crippen LogP contribution is -2.58. The Balaban J connectivity index is 1.27. The van der Waals surface area contributed by atoms with E-state index in [-0.39, 0.29) is 23.5 Å².